The molecule has 1 N–H and O–H groups in total. The Morgan fingerprint density at radius 3 is 2.29 bits per heavy atom. The molecule has 0 spiro atoms. The largest absolute Gasteiger partial charge is 0.490 e. The number of carboxylic acids is 1. The number of carboxylic acid groups (broad SMARTS) is 1. The third kappa shape index (κ3) is 5.45. The highest BCUT2D eigenvalue weighted by Gasteiger charge is 2.43. The summed E-state index contributed by atoms with van der Waals surface area (Å²) in [5, 5.41) is 7.12. The van der Waals surface area contributed by atoms with E-state index in [1.807, 2.05) is 0 Å². The standard InChI is InChI=1S/C17H17FN4O2.C2HF3O2/c18-13-4-2-12(3-5-13)16(23)21-10-14-15(11-21)24-9-8-22(14)17-19-6-1-7-20-17;3-2(4,5)1(6)7/h1-7,14-15H,8-11H2;(H,6,7)/t14-,15+;/m1./s1. The summed E-state index contributed by atoms with van der Waals surface area (Å²) in [4.78, 5) is 34.0. The highest BCUT2D eigenvalue weighted by Crippen LogP contribution is 2.26. The second-order valence-corrected chi connectivity index (χ2v) is 6.74. The zero-order chi connectivity index (χ0) is 22.6. The minimum atomic E-state index is -5.08. The molecule has 0 aliphatic carbocycles. The van der Waals surface area contributed by atoms with Crippen molar-refractivity contribution in [3.05, 3.63) is 54.1 Å². The number of alkyl halides is 3. The molecule has 3 heterocycles. The topological polar surface area (TPSA) is 95.9 Å². The predicted octanol–water partition coefficient (Wildman–Crippen LogP) is 1.98. The third-order valence-electron chi connectivity index (χ3n) is 4.73. The molecule has 2 saturated heterocycles. The van der Waals surface area contributed by atoms with E-state index in [9.17, 15) is 22.4 Å². The van der Waals surface area contributed by atoms with Gasteiger partial charge in [0.1, 0.15) is 5.82 Å². The van der Waals surface area contributed by atoms with E-state index >= 15 is 0 Å². The van der Waals surface area contributed by atoms with Crippen molar-refractivity contribution in [2.24, 2.45) is 0 Å². The average Bonchev–Trinajstić information content (AvgIpc) is 3.18. The van der Waals surface area contributed by atoms with Crippen molar-refractivity contribution in [1.29, 1.82) is 0 Å². The van der Waals surface area contributed by atoms with E-state index in [4.69, 9.17) is 14.6 Å². The van der Waals surface area contributed by atoms with Gasteiger partial charge in [0.2, 0.25) is 5.95 Å². The number of aliphatic carboxylic acids is 1. The first-order valence-corrected chi connectivity index (χ1v) is 9.17. The van der Waals surface area contributed by atoms with Gasteiger partial charge in [0, 0.05) is 37.6 Å². The Labute approximate surface area is 174 Å². The van der Waals surface area contributed by atoms with Gasteiger partial charge in [-0.15, -0.1) is 0 Å². The molecule has 2 aliphatic rings. The zero-order valence-electron chi connectivity index (χ0n) is 16.0. The van der Waals surface area contributed by atoms with Crippen LogP contribution in [0.3, 0.4) is 0 Å². The number of ether oxygens (including phenoxy) is 1. The van der Waals surface area contributed by atoms with Crippen LogP contribution >= 0.6 is 0 Å². The zero-order valence-corrected chi connectivity index (χ0v) is 16.0. The Morgan fingerprint density at radius 1 is 1.10 bits per heavy atom. The molecule has 2 atom stereocenters. The van der Waals surface area contributed by atoms with Crippen LogP contribution in [0.15, 0.2) is 42.7 Å². The average molecular weight is 442 g/mol. The minimum Gasteiger partial charge on any atom is -0.475 e. The van der Waals surface area contributed by atoms with E-state index in [1.54, 1.807) is 23.4 Å². The molecule has 1 amide bonds. The molecule has 2 aromatic rings. The first-order valence-electron chi connectivity index (χ1n) is 9.17. The van der Waals surface area contributed by atoms with Gasteiger partial charge >= 0.3 is 12.1 Å². The number of halogens is 4. The number of hydrogen-bond donors (Lipinski definition) is 1. The molecule has 12 heteroatoms. The molecule has 8 nitrogen and oxygen atoms in total. The van der Waals surface area contributed by atoms with Crippen LogP contribution in [0.2, 0.25) is 0 Å². The Kier molecular flexibility index (Phi) is 6.68. The van der Waals surface area contributed by atoms with E-state index in [-0.39, 0.29) is 23.9 Å². The molecule has 166 valence electrons. The van der Waals surface area contributed by atoms with E-state index in [0.717, 1.165) is 0 Å². The Balaban J connectivity index is 0.000000339. The number of carbonyl (C=O) groups excluding carboxylic acids is 1. The summed E-state index contributed by atoms with van der Waals surface area (Å²) in [5.74, 6) is -2.56. The molecule has 31 heavy (non-hydrogen) atoms. The van der Waals surface area contributed by atoms with Crippen LogP contribution in [0, 0.1) is 5.82 Å². The summed E-state index contributed by atoms with van der Waals surface area (Å²) in [7, 11) is 0. The van der Waals surface area contributed by atoms with Crippen molar-refractivity contribution >= 4 is 17.8 Å². The van der Waals surface area contributed by atoms with Crippen molar-refractivity contribution in [3.63, 3.8) is 0 Å². The molecular formula is C19H18F4N4O4. The van der Waals surface area contributed by atoms with Gasteiger partial charge in [-0.3, -0.25) is 4.79 Å². The summed E-state index contributed by atoms with van der Waals surface area (Å²) in [6.45, 7) is 2.34. The second-order valence-electron chi connectivity index (χ2n) is 6.74. The highest BCUT2D eigenvalue weighted by molar-refractivity contribution is 5.94. The molecular weight excluding hydrogens is 424 g/mol. The van der Waals surface area contributed by atoms with Crippen LogP contribution in [0.1, 0.15) is 10.4 Å². The number of rotatable bonds is 2. The number of carbonyl (C=O) groups is 2. The predicted molar refractivity (Wildman–Crippen MR) is 98.9 cm³/mol. The Bertz CT molecular complexity index is 911. The van der Waals surface area contributed by atoms with E-state index < -0.39 is 12.1 Å². The van der Waals surface area contributed by atoms with Gasteiger partial charge in [-0.25, -0.2) is 19.2 Å². The van der Waals surface area contributed by atoms with Crippen LogP contribution in [0.4, 0.5) is 23.5 Å². The maximum Gasteiger partial charge on any atom is 0.490 e. The maximum atomic E-state index is 13.0. The molecule has 1 aromatic carbocycles. The number of nitrogens with zero attached hydrogens (tertiary/aromatic N) is 4. The van der Waals surface area contributed by atoms with E-state index in [2.05, 4.69) is 14.9 Å². The van der Waals surface area contributed by atoms with E-state index in [1.165, 1.54) is 24.3 Å². The van der Waals surface area contributed by atoms with Crippen LogP contribution in [0.5, 0.6) is 0 Å². The van der Waals surface area contributed by atoms with Crippen molar-refractivity contribution < 1.29 is 37.0 Å². The Hall–Kier alpha value is -3.28. The fourth-order valence-corrected chi connectivity index (χ4v) is 3.32. The molecule has 0 unspecified atom stereocenters. The summed E-state index contributed by atoms with van der Waals surface area (Å²) in [6.07, 6.45) is -1.72. The third-order valence-corrected chi connectivity index (χ3v) is 4.73. The lowest BCUT2D eigenvalue weighted by Gasteiger charge is -2.36. The van der Waals surface area contributed by atoms with Gasteiger partial charge in [-0.05, 0) is 30.3 Å². The number of anilines is 1. The van der Waals surface area contributed by atoms with Crippen molar-refractivity contribution in [3.8, 4) is 0 Å². The SMILES string of the molecule is O=C(O)C(F)(F)F.O=C(c1ccc(F)cc1)N1C[C@@H]2OCCN(c3ncccn3)[C@@H]2C1. The lowest BCUT2D eigenvalue weighted by Crippen LogP contribution is -2.51. The van der Waals surface area contributed by atoms with Gasteiger partial charge in [-0.1, -0.05) is 0 Å². The molecule has 2 aliphatic heterocycles. The molecule has 2 fully saturated rings. The molecule has 0 radical (unpaired) electrons. The van der Waals surface area contributed by atoms with Gasteiger partial charge in [0.25, 0.3) is 5.91 Å². The lowest BCUT2D eigenvalue weighted by molar-refractivity contribution is -0.192. The molecule has 0 bridgehead atoms. The maximum absolute atomic E-state index is 13.0. The number of likely N-dealkylation sites (tertiary alicyclic amines) is 1. The molecule has 0 saturated carbocycles. The van der Waals surface area contributed by atoms with Crippen LogP contribution < -0.4 is 4.90 Å². The monoisotopic (exact) mass is 442 g/mol. The number of hydrogen-bond acceptors (Lipinski definition) is 6. The molecule has 4 rings (SSSR count). The highest BCUT2D eigenvalue weighted by atomic mass is 19.4. The van der Waals surface area contributed by atoms with Crippen LogP contribution in [-0.4, -0.2) is 76.4 Å². The first kappa shape index (κ1) is 22.4. The number of morpholine rings is 1. The number of benzene rings is 1. The molecule has 1 aromatic heterocycles. The van der Waals surface area contributed by atoms with Gasteiger partial charge < -0.3 is 19.6 Å². The summed E-state index contributed by atoms with van der Waals surface area (Å²) < 4.78 is 50.6. The van der Waals surface area contributed by atoms with Gasteiger partial charge in [-0.2, -0.15) is 13.2 Å². The second kappa shape index (κ2) is 9.25. The normalized spacial score (nSPS) is 20.5. The van der Waals surface area contributed by atoms with Gasteiger partial charge in [0.15, 0.2) is 0 Å². The summed E-state index contributed by atoms with van der Waals surface area (Å²) in [5.41, 5.74) is 0.484. The van der Waals surface area contributed by atoms with Crippen LogP contribution in [-0.2, 0) is 9.53 Å². The van der Waals surface area contributed by atoms with Crippen molar-refractivity contribution in [2.45, 2.75) is 18.3 Å². The van der Waals surface area contributed by atoms with Gasteiger partial charge in [0.05, 0.1) is 18.8 Å². The van der Waals surface area contributed by atoms with E-state index in [0.29, 0.717) is 37.8 Å². The minimum absolute atomic E-state index is 0.0329. The number of fused-ring (bicyclic) bond motifs is 1. The summed E-state index contributed by atoms with van der Waals surface area (Å²) >= 11 is 0. The quantitative estimate of drug-likeness (QED) is 0.711. The first-order chi connectivity index (χ1) is 14.7. The smallest absolute Gasteiger partial charge is 0.475 e. The lowest BCUT2D eigenvalue weighted by atomic mass is 10.1. The van der Waals surface area contributed by atoms with Crippen LogP contribution in [0.25, 0.3) is 0 Å². The number of amides is 1. The number of aromatic nitrogens is 2. The fourth-order valence-electron chi connectivity index (χ4n) is 3.32. The Morgan fingerprint density at radius 2 is 1.71 bits per heavy atom. The van der Waals surface area contributed by atoms with Crippen molar-refractivity contribution in [1.82, 2.24) is 14.9 Å². The van der Waals surface area contributed by atoms with Crippen molar-refractivity contribution in [2.75, 3.05) is 31.1 Å². The summed E-state index contributed by atoms with van der Waals surface area (Å²) in [6, 6.07) is 7.44. The fraction of sp³-hybridized carbons (Fsp3) is 0.368.